The van der Waals surface area contributed by atoms with Crippen molar-refractivity contribution >= 4 is 81.7 Å². The van der Waals surface area contributed by atoms with Crippen LogP contribution >= 0.6 is 0 Å². The van der Waals surface area contributed by atoms with Crippen LogP contribution < -0.4 is 0 Å². The third-order valence-corrected chi connectivity index (χ3v) is 0. The number of hydrogen-bond donors (Lipinski definition) is 1. The molecule has 5 radical (unpaired) electrons. The summed E-state index contributed by atoms with van der Waals surface area (Å²) in [4.78, 5) is 0. The van der Waals surface area contributed by atoms with Crippen molar-refractivity contribution in [1.29, 1.82) is 0 Å². The van der Waals surface area contributed by atoms with E-state index in [1.165, 1.54) is 16.2 Å². The molecular weight excluding hydrogens is 255 g/mol. The summed E-state index contributed by atoms with van der Waals surface area (Å²) in [6.07, 6.45) is 0. The van der Waals surface area contributed by atoms with Gasteiger partial charge in [-0.1, -0.05) is 0 Å². The SMILES string of the molecule is O.O[O][Al].[Ba].[O]=[Al]. The number of hydrogen-bond acceptors (Lipinski definition) is 3. The second-order valence-electron chi connectivity index (χ2n) is 0.105. The van der Waals surface area contributed by atoms with Gasteiger partial charge in [0.15, 0.2) is 0 Å². The van der Waals surface area contributed by atoms with Crippen molar-refractivity contribution in [3.05, 3.63) is 0 Å². The molecule has 0 aromatic heterocycles. The third kappa shape index (κ3) is 61.8. The molecule has 4 nitrogen and oxygen atoms in total. The molecule has 7 heavy (non-hydrogen) atoms. The monoisotopic (exact) mass is 259 g/mol. The summed E-state index contributed by atoms with van der Waals surface area (Å²) >= 11 is 2.80. The van der Waals surface area contributed by atoms with Gasteiger partial charge in [0.1, 0.15) is 0 Å². The molecule has 35 valence electrons. The Bertz CT molecular complexity index is 13.7. The zero-order valence-corrected chi connectivity index (χ0v) is 10.4. The van der Waals surface area contributed by atoms with E-state index >= 15 is 0 Å². The minimum absolute atomic E-state index is 0. The van der Waals surface area contributed by atoms with E-state index < -0.39 is 0 Å². The molecule has 0 bridgehead atoms. The molecule has 7 heteroatoms. The molecule has 0 fully saturated rings. The Kier molecular flexibility index (Phi) is 132. The molecule has 0 rings (SSSR count). The van der Waals surface area contributed by atoms with Gasteiger partial charge in [-0.3, -0.25) is 5.26 Å². The Morgan fingerprint density at radius 3 is 1.43 bits per heavy atom. The summed E-state index contributed by atoms with van der Waals surface area (Å²) in [5.74, 6) is 0. The molecule has 0 saturated carbocycles. The van der Waals surface area contributed by atoms with E-state index in [1.54, 1.807) is 16.6 Å². The normalized spacial score (nSPS) is 2.86. The molecule has 0 aromatic rings. The van der Waals surface area contributed by atoms with E-state index in [2.05, 4.69) is 3.94 Å². The maximum absolute atomic E-state index is 8.17. The quantitative estimate of drug-likeness (QED) is 0.306. The van der Waals surface area contributed by atoms with Crippen molar-refractivity contribution in [3.8, 4) is 0 Å². The van der Waals surface area contributed by atoms with Gasteiger partial charge < -0.3 is 9.42 Å². The van der Waals surface area contributed by atoms with Gasteiger partial charge in [-0.05, 0) is 0 Å². The Morgan fingerprint density at radius 2 is 1.43 bits per heavy atom. The van der Waals surface area contributed by atoms with E-state index in [1.807, 2.05) is 0 Å². The van der Waals surface area contributed by atoms with Crippen LogP contribution in [-0.2, 0) is 7.74 Å². The van der Waals surface area contributed by atoms with Gasteiger partial charge in [-0.25, -0.2) is 0 Å². The fourth-order valence-corrected chi connectivity index (χ4v) is 0. The standard InChI is InChI=1S/2Al.Ba.H2O2.H2O.O/c;;;1-2;;/h;;;1-2H;1H2;/q;+1;;;;/p-1. The average molecular weight is 258 g/mol. The summed E-state index contributed by atoms with van der Waals surface area (Å²) in [6, 6.07) is 0. The van der Waals surface area contributed by atoms with Crippen LogP contribution in [0.15, 0.2) is 0 Å². The summed E-state index contributed by atoms with van der Waals surface area (Å²) < 4.78 is 11.3. The van der Waals surface area contributed by atoms with Crippen LogP contribution in [0.5, 0.6) is 0 Å². The van der Waals surface area contributed by atoms with Crippen LogP contribution in [0.2, 0.25) is 0 Å². The van der Waals surface area contributed by atoms with Crippen LogP contribution in [0.1, 0.15) is 0 Å². The first-order valence-electron chi connectivity index (χ1n) is 0.654. The van der Waals surface area contributed by atoms with E-state index in [9.17, 15) is 0 Å². The van der Waals surface area contributed by atoms with Crippen molar-refractivity contribution in [2.75, 3.05) is 0 Å². The first-order chi connectivity index (χ1) is 2.41. The molecule has 0 saturated heterocycles. The molecular formula is H3Al2BaO4. The fourth-order valence-electron chi connectivity index (χ4n) is 0. The van der Waals surface area contributed by atoms with Gasteiger partial charge in [-0.15, -0.1) is 0 Å². The maximum atomic E-state index is 8.17. The van der Waals surface area contributed by atoms with Gasteiger partial charge in [0, 0.05) is 48.9 Å². The van der Waals surface area contributed by atoms with Crippen molar-refractivity contribution < 1.29 is 18.5 Å². The minimum atomic E-state index is 0. The predicted octanol–water partition coefficient (Wildman–Crippen LogP) is -2.15. The Labute approximate surface area is 98.3 Å². The topological polar surface area (TPSA) is 78.0 Å². The second-order valence-corrected chi connectivity index (χ2v) is 0.316. The van der Waals surface area contributed by atoms with E-state index in [4.69, 9.17) is 9.06 Å². The van der Waals surface area contributed by atoms with E-state index in [0.717, 1.165) is 0 Å². The summed E-state index contributed by atoms with van der Waals surface area (Å²) in [6.45, 7) is 0. The van der Waals surface area contributed by atoms with E-state index in [-0.39, 0.29) is 54.4 Å². The number of rotatable bonds is 0. The first kappa shape index (κ1) is 22.8. The molecule has 3 N–H and O–H groups in total. The van der Waals surface area contributed by atoms with Gasteiger partial charge in [0.2, 0.25) is 0 Å². The predicted molar refractivity (Wildman–Crippen MR) is 25.3 cm³/mol. The first-order valence-corrected chi connectivity index (χ1v) is 1.60. The zero-order valence-electron chi connectivity index (χ0n) is 3.63. The van der Waals surface area contributed by atoms with Gasteiger partial charge in [-0.2, -0.15) is 0 Å². The van der Waals surface area contributed by atoms with Crippen molar-refractivity contribution in [1.82, 2.24) is 0 Å². The molecule has 0 unspecified atom stereocenters. The van der Waals surface area contributed by atoms with E-state index in [0.29, 0.717) is 0 Å². The summed E-state index contributed by atoms with van der Waals surface area (Å²) in [7, 11) is 0. The van der Waals surface area contributed by atoms with Crippen molar-refractivity contribution in [2.45, 2.75) is 0 Å². The van der Waals surface area contributed by atoms with Crippen LogP contribution in [0.25, 0.3) is 0 Å². The fraction of sp³-hybridized carbons (Fsp3) is 0. The molecule has 0 aromatic carbocycles. The van der Waals surface area contributed by atoms with Gasteiger partial charge in [0.05, 0.1) is 0 Å². The van der Waals surface area contributed by atoms with Crippen LogP contribution in [-0.4, -0.2) is 92.5 Å². The van der Waals surface area contributed by atoms with Crippen LogP contribution in [0, 0.1) is 0 Å². The Hall–Kier alpha value is 2.32. The zero-order chi connectivity index (χ0) is 4.71. The third-order valence-electron chi connectivity index (χ3n) is 0. The molecule has 0 amide bonds. The summed E-state index contributed by atoms with van der Waals surface area (Å²) in [5, 5.41) is 7.03. The molecule has 0 aliphatic carbocycles. The average Bonchev–Trinajstić information content (AvgIpc) is 1.46. The molecule has 0 aliphatic rings. The Balaban J connectivity index is -0.0000000105. The van der Waals surface area contributed by atoms with Crippen molar-refractivity contribution in [3.63, 3.8) is 0 Å². The van der Waals surface area contributed by atoms with Crippen LogP contribution in [0.4, 0.5) is 0 Å². The molecule has 0 heterocycles. The van der Waals surface area contributed by atoms with Crippen LogP contribution in [0.3, 0.4) is 0 Å². The molecule has 0 aliphatic heterocycles. The Morgan fingerprint density at radius 1 is 1.43 bits per heavy atom. The second kappa shape index (κ2) is 40.5. The van der Waals surface area contributed by atoms with Gasteiger partial charge in [0.25, 0.3) is 0 Å². The summed E-state index contributed by atoms with van der Waals surface area (Å²) in [5.41, 5.74) is 0. The molecule has 0 spiro atoms. The van der Waals surface area contributed by atoms with Gasteiger partial charge >= 0.3 is 36.7 Å². The molecule has 0 atom stereocenters. The van der Waals surface area contributed by atoms with Crippen molar-refractivity contribution in [2.24, 2.45) is 0 Å².